The molecule has 2 aromatic heterocycles. The fourth-order valence-corrected chi connectivity index (χ4v) is 4.79. The summed E-state index contributed by atoms with van der Waals surface area (Å²) in [5.41, 5.74) is 8.13. The Morgan fingerprint density at radius 1 is 1.19 bits per heavy atom. The number of nitrogens with zero attached hydrogens (tertiary/aromatic N) is 2. The second kappa shape index (κ2) is 9.04. The Hall–Kier alpha value is -2.95. The smallest absolute Gasteiger partial charge is 0.325 e. The molecule has 162 valence electrons. The zero-order chi connectivity index (χ0) is 21.8. The van der Waals surface area contributed by atoms with E-state index >= 15 is 0 Å². The SMILES string of the molecule is COC(=O)C1(N)CCN(c2ccccc2NC(=O)c2csc(Nc3ccsc3)n2)CC1. The molecule has 10 heteroatoms. The van der Waals surface area contributed by atoms with E-state index in [0.717, 1.165) is 11.4 Å². The Bertz CT molecular complexity index is 1060. The third-order valence-electron chi connectivity index (χ3n) is 5.25. The van der Waals surface area contributed by atoms with Gasteiger partial charge in [0.2, 0.25) is 0 Å². The number of thiazole rings is 1. The van der Waals surface area contributed by atoms with Crippen molar-refractivity contribution in [2.75, 3.05) is 35.7 Å². The summed E-state index contributed by atoms with van der Waals surface area (Å²) in [5.74, 6) is -0.661. The Kier molecular flexibility index (Phi) is 6.21. The molecule has 0 bridgehead atoms. The van der Waals surface area contributed by atoms with Gasteiger partial charge < -0.3 is 26.0 Å². The topological polar surface area (TPSA) is 110 Å². The van der Waals surface area contributed by atoms with Gasteiger partial charge in [0, 0.05) is 23.8 Å². The van der Waals surface area contributed by atoms with E-state index in [0.29, 0.717) is 42.4 Å². The number of carbonyl (C=O) groups excluding carboxylic acids is 2. The van der Waals surface area contributed by atoms with Crippen LogP contribution in [0.25, 0.3) is 0 Å². The van der Waals surface area contributed by atoms with Crippen LogP contribution in [0.5, 0.6) is 0 Å². The number of aromatic nitrogens is 1. The molecule has 3 heterocycles. The zero-order valence-corrected chi connectivity index (χ0v) is 18.6. The molecule has 1 saturated heterocycles. The van der Waals surface area contributed by atoms with Crippen molar-refractivity contribution < 1.29 is 14.3 Å². The lowest BCUT2D eigenvalue weighted by atomic mass is 9.88. The van der Waals surface area contributed by atoms with Gasteiger partial charge in [-0.1, -0.05) is 12.1 Å². The van der Waals surface area contributed by atoms with Crippen LogP contribution < -0.4 is 21.3 Å². The van der Waals surface area contributed by atoms with Crippen molar-refractivity contribution in [3.8, 4) is 0 Å². The number of benzene rings is 1. The maximum atomic E-state index is 12.8. The van der Waals surface area contributed by atoms with Gasteiger partial charge in [-0.3, -0.25) is 9.59 Å². The van der Waals surface area contributed by atoms with Crippen molar-refractivity contribution >= 4 is 56.7 Å². The molecule has 8 nitrogen and oxygen atoms in total. The van der Waals surface area contributed by atoms with Crippen LogP contribution in [0.1, 0.15) is 23.3 Å². The molecule has 1 aliphatic heterocycles. The molecule has 4 rings (SSSR count). The molecular formula is C21H23N5O3S2. The average molecular weight is 458 g/mol. The first-order valence-electron chi connectivity index (χ1n) is 9.76. The van der Waals surface area contributed by atoms with E-state index in [1.54, 1.807) is 16.7 Å². The van der Waals surface area contributed by atoms with Crippen molar-refractivity contribution in [3.05, 3.63) is 52.2 Å². The van der Waals surface area contributed by atoms with Crippen LogP contribution in [0.15, 0.2) is 46.5 Å². The van der Waals surface area contributed by atoms with Gasteiger partial charge in [-0.2, -0.15) is 11.3 Å². The maximum Gasteiger partial charge on any atom is 0.325 e. The number of anilines is 4. The first kappa shape index (κ1) is 21.3. The van der Waals surface area contributed by atoms with Gasteiger partial charge in [0.25, 0.3) is 5.91 Å². The number of thiophene rings is 1. The van der Waals surface area contributed by atoms with E-state index in [1.165, 1.54) is 18.4 Å². The van der Waals surface area contributed by atoms with Crippen molar-refractivity contribution in [3.63, 3.8) is 0 Å². The van der Waals surface area contributed by atoms with Gasteiger partial charge in [-0.05, 0) is 36.4 Å². The molecule has 0 unspecified atom stereocenters. The third kappa shape index (κ3) is 4.71. The standard InChI is InChI=1S/C21H23N5O3S2/c1-29-19(28)21(22)7-9-26(10-8-21)17-5-3-2-4-15(17)24-18(27)16-13-31-20(25-16)23-14-6-11-30-12-14/h2-6,11-13H,7-10,22H2,1H3,(H,23,25)(H,24,27). The number of nitrogens with one attached hydrogen (secondary N) is 2. The molecule has 1 fully saturated rings. The normalized spacial score (nSPS) is 15.4. The molecule has 1 amide bonds. The second-order valence-electron chi connectivity index (χ2n) is 7.28. The first-order chi connectivity index (χ1) is 15.0. The maximum absolute atomic E-state index is 12.8. The van der Waals surface area contributed by atoms with Crippen LogP contribution in [0.4, 0.5) is 22.2 Å². The van der Waals surface area contributed by atoms with Gasteiger partial charge in [0.15, 0.2) is 5.13 Å². The molecule has 0 aliphatic carbocycles. The van der Waals surface area contributed by atoms with E-state index in [9.17, 15) is 9.59 Å². The summed E-state index contributed by atoms with van der Waals surface area (Å²) in [6.45, 7) is 1.17. The van der Waals surface area contributed by atoms with Gasteiger partial charge in [0.1, 0.15) is 11.2 Å². The number of nitrogens with two attached hydrogens (primary N) is 1. The molecule has 1 aliphatic rings. The van der Waals surface area contributed by atoms with Gasteiger partial charge in [0.05, 0.1) is 24.2 Å². The van der Waals surface area contributed by atoms with Gasteiger partial charge >= 0.3 is 5.97 Å². The molecule has 1 aromatic carbocycles. The number of hydrogen-bond donors (Lipinski definition) is 3. The lowest BCUT2D eigenvalue weighted by molar-refractivity contribution is -0.147. The van der Waals surface area contributed by atoms with Crippen LogP contribution in [0, 0.1) is 0 Å². The number of para-hydroxylation sites is 2. The number of methoxy groups -OCH3 is 1. The molecule has 3 aromatic rings. The second-order valence-corrected chi connectivity index (χ2v) is 8.92. The fourth-order valence-electron chi connectivity index (χ4n) is 3.49. The molecule has 0 saturated carbocycles. The van der Waals surface area contributed by atoms with Crippen LogP contribution in [-0.4, -0.2) is 42.6 Å². The summed E-state index contributed by atoms with van der Waals surface area (Å²) in [6, 6.07) is 9.55. The summed E-state index contributed by atoms with van der Waals surface area (Å²) >= 11 is 2.97. The Balaban J connectivity index is 1.44. The largest absolute Gasteiger partial charge is 0.468 e. The number of esters is 1. The highest BCUT2D eigenvalue weighted by Gasteiger charge is 2.39. The predicted molar refractivity (Wildman–Crippen MR) is 124 cm³/mol. The minimum absolute atomic E-state index is 0.276. The van der Waals surface area contributed by atoms with E-state index in [4.69, 9.17) is 10.5 Å². The number of rotatable bonds is 6. The molecule has 0 spiro atoms. The lowest BCUT2D eigenvalue weighted by Gasteiger charge is -2.38. The molecule has 4 N–H and O–H groups in total. The summed E-state index contributed by atoms with van der Waals surface area (Å²) in [5, 5.41) is 12.5. The van der Waals surface area contributed by atoms with Crippen molar-refractivity contribution in [1.29, 1.82) is 0 Å². The average Bonchev–Trinajstić information content (AvgIpc) is 3.47. The van der Waals surface area contributed by atoms with Gasteiger partial charge in [-0.25, -0.2) is 4.98 Å². The zero-order valence-electron chi connectivity index (χ0n) is 17.0. The third-order valence-corrected chi connectivity index (χ3v) is 6.69. The highest BCUT2D eigenvalue weighted by atomic mass is 32.1. The lowest BCUT2D eigenvalue weighted by Crippen LogP contribution is -2.56. The highest BCUT2D eigenvalue weighted by molar-refractivity contribution is 7.14. The Morgan fingerprint density at radius 3 is 2.68 bits per heavy atom. The molecule has 0 atom stereocenters. The number of hydrogen-bond acceptors (Lipinski definition) is 9. The summed E-state index contributed by atoms with van der Waals surface area (Å²) in [6.07, 6.45) is 0.956. The molecular weight excluding hydrogens is 434 g/mol. The van der Waals surface area contributed by atoms with Crippen LogP contribution in [0.3, 0.4) is 0 Å². The molecule has 0 radical (unpaired) electrons. The number of carbonyl (C=O) groups is 2. The van der Waals surface area contributed by atoms with E-state index in [2.05, 4.69) is 20.5 Å². The monoisotopic (exact) mass is 457 g/mol. The number of ether oxygens (including phenoxy) is 1. The number of piperidine rings is 1. The van der Waals surface area contributed by atoms with Crippen LogP contribution >= 0.6 is 22.7 Å². The van der Waals surface area contributed by atoms with Gasteiger partial charge in [-0.15, -0.1) is 11.3 Å². The number of amides is 1. The van der Waals surface area contributed by atoms with Crippen molar-refractivity contribution in [2.45, 2.75) is 18.4 Å². The summed E-state index contributed by atoms with van der Waals surface area (Å²) in [7, 11) is 1.36. The van der Waals surface area contributed by atoms with E-state index < -0.39 is 5.54 Å². The van der Waals surface area contributed by atoms with Crippen molar-refractivity contribution in [2.24, 2.45) is 5.73 Å². The van der Waals surface area contributed by atoms with E-state index in [1.807, 2.05) is 41.1 Å². The first-order valence-corrected chi connectivity index (χ1v) is 11.6. The van der Waals surface area contributed by atoms with Crippen LogP contribution in [-0.2, 0) is 9.53 Å². The Labute approximate surface area is 188 Å². The highest BCUT2D eigenvalue weighted by Crippen LogP contribution is 2.31. The summed E-state index contributed by atoms with van der Waals surface area (Å²) < 4.78 is 4.84. The van der Waals surface area contributed by atoms with Crippen molar-refractivity contribution in [1.82, 2.24) is 4.98 Å². The fraction of sp³-hybridized carbons (Fsp3) is 0.286. The van der Waals surface area contributed by atoms with Crippen LogP contribution in [0.2, 0.25) is 0 Å². The minimum atomic E-state index is -0.962. The summed E-state index contributed by atoms with van der Waals surface area (Å²) in [4.78, 5) is 31.3. The predicted octanol–water partition coefficient (Wildman–Crippen LogP) is 3.67. The quantitative estimate of drug-likeness (QED) is 0.485. The minimum Gasteiger partial charge on any atom is -0.468 e. The Morgan fingerprint density at radius 2 is 1.97 bits per heavy atom. The molecule has 31 heavy (non-hydrogen) atoms. The van der Waals surface area contributed by atoms with E-state index in [-0.39, 0.29) is 11.9 Å².